The SMILES string of the molecule is Cc1ccccc1-c1cc(O)c2c(c1)CN(C(=O)CN(C)C)CCO2. The van der Waals surface area contributed by atoms with E-state index in [9.17, 15) is 9.90 Å². The molecule has 25 heavy (non-hydrogen) atoms. The first-order valence-corrected chi connectivity index (χ1v) is 8.43. The van der Waals surface area contributed by atoms with Gasteiger partial charge in [-0.2, -0.15) is 0 Å². The highest BCUT2D eigenvalue weighted by molar-refractivity contribution is 5.79. The molecule has 0 bridgehead atoms. The van der Waals surface area contributed by atoms with Crippen molar-refractivity contribution < 1.29 is 14.6 Å². The van der Waals surface area contributed by atoms with Gasteiger partial charge in [0.05, 0.1) is 13.1 Å². The van der Waals surface area contributed by atoms with Gasteiger partial charge < -0.3 is 19.6 Å². The van der Waals surface area contributed by atoms with Crippen LogP contribution in [0, 0.1) is 6.92 Å². The minimum Gasteiger partial charge on any atom is -0.504 e. The molecule has 0 radical (unpaired) electrons. The Balaban J connectivity index is 1.97. The number of phenolic OH excluding ortho intramolecular Hbond substituents is 1. The maximum Gasteiger partial charge on any atom is 0.237 e. The Labute approximate surface area is 148 Å². The van der Waals surface area contributed by atoms with E-state index < -0.39 is 0 Å². The molecular formula is C20H24N2O3. The molecule has 2 aromatic rings. The van der Waals surface area contributed by atoms with Crippen LogP contribution in [-0.4, -0.2) is 54.6 Å². The average Bonchev–Trinajstić information content (AvgIpc) is 2.77. The second-order valence-corrected chi connectivity index (χ2v) is 6.70. The number of aromatic hydroxyl groups is 1. The predicted octanol–water partition coefficient (Wildman–Crippen LogP) is 2.65. The van der Waals surface area contributed by atoms with Crippen molar-refractivity contribution in [3.05, 3.63) is 47.5 Å². The van der Waals surface area contributed by atoms with Gasteiger partial charge in [0.15, 0.2) is 11.5 Å². The van der Waals surface area contributed by atoms with Crippen molar-refractivity contribution in [2.75, 3.05) is 33.8 Å². The number of benzene rings is 2. The molecule has 1 amide bonds. The zero-order valence-electron chi connectivity index (χ0n) is 15.0. The van der Waals surface area contributed by atoms with Gasteiger partial charge >= 0.3 is 0 Å². The summed E-state index contributed by atoms with van der Waals surface area (Å²) in [6.45, 7) is 3.74. The molecule has 3 rings (SSSR count). The van der Waals surface area contributed by atoms with Crippen LogP contribution in [0.15, 0.2) is 36.4 Å². The summed E-state index contributed by atoms with van der Waals surface area (Å²) >= 11 is 0. The zero-order valence-corrected chi connectivity index (χ0v) is 15.0. The number of phenols is 1. The second kappa shape index (κ2) is 7.15. The van der Waals surface area contributed by atoms with Crippen molar-refractivity contribution >= 4 is 5.91 Å². The lowest BCUT2D eigenvalue weighted by molar-refractivity contribution is -0.132. The number of nitrogens with zero attached hydrogens (tertiary/aromatic N) is 2. The van der Waals surface area contributed by atoms with Crippen molar-refractivity contribution in [1.29, 1.82) is 0 Å². The first kappa shape index (κ1) is 17.3. The number of aryl methyl sites for hydroxylation is 1. The predicted molar refractivity (Wildman–Crippen MR) is 97.7 cm³/mol. The van der Waals surface area contributed by atoms with Crippen molar-refractivity contribution in [3.8, 4) is 22.6 Å². The van der Waals surface area contributed by atoms with Crippen LogP contribution in [0.3, 0.4) is 0 Å². The van der Waals surface area contributed by atoms with Crippen LogP contribution < -0.4 is 4.74 Å². The van der Waals surface area contributed by atoms with Crippen LogP contribution in [0.5, 0.6) is 11.5 Å². The molecule has 0 aromatic heterocycles. The molecule has 0 saturated heterocycles. The largest absolute Gasteiger partial charge is 0.504 e. The quantitative estimate of drug-likeness (QED) is 0.933. The van der Waals surface area contributed by atoms with E-state index >= 15 is 0 Å². The third-order valence-corrected chi connectivity index (χ3v) is 4.38. The summed E-state index contributed by atoms with van der Waals surface area (Å²) in [4.78, 5) is 16.1. The molecule has 5 heteroatoms. The fraction of sp³-hybridized carbons (Fsp3) is 0.350. The number of likely N-dealkylation sites (N-methyl/N-ethyl adjacent to an activating group) is 1. The molecule has 132 valence electrons. The lowest BCUT2D eigenvalue weighted by Crippen LogP contribution is -2.38. The zero-order chi connectivity index (χ0) is 18.0. The summed E-state index contributed by atoms with van der Waals surface area (Å²) in [6, 6.07) is 11.8. The van der Waals surface area contributed by atoms with Gasteiger partial charge in [-0.3, -0.25) is 4.79 Å². The molecular weight excluding hydrogens is 316 g/mol. The van der Waals surface area contributed by atoms with E-state index in [2.05, 4.69) is 0 Å². The Hall–Kier alpha value is -2.53. The fourth-order valence-corrected chi connectivity index (χ4v) is 3.13. The first-order chi connectivity index (χ1) is 12.0. The second-order valence-electron chi connectivity index (χ2n) is 6.70. The highest BCUT2D eigenvalue weighted by Gasteiger charge is 2.23. The van der Waals surface area contributed by atoms with Crippen LogP contribution in [0.25, 0.3) is 11.1 Å². The van der Waals surface area contributed by atoms with Gasteiger partial charge in [-0.25, -0.2) is 0 Å². The van der Waals surface area contributed by atoms with E-state index in [4.69, 9.17) is 4.74 Å². The van der Waals surface area contributed by atoms with Gasteiger partial charge in [-0.1, -0.05) is 24.3 Å². The van der Waals surface area contributed by atoms with E-state index in [0.717, 1.165) is 22.3 Å². The number of rotatable bonds is 3. The maximum atomic E-state index is 12.4. The van der Waals surface area contributed by atoms with Crippen LogP contribution in [0.4, 0.5) is 0 Å². The van der Waals surface area contributed by atoms with Gasteiger partial charge in [0.2, 0.25) is 5.91 Å². The lowest BCUT2D eigenvalue weighted by Gasteiger charge is -2.22. The van der Waals surface area contributed by atoms with E-state index in [1.165, 1.54) is 0 Å². The summed E-state index contributed by atoms with van der Waals surface area (Å²) < 4.78 is 5.73. The minimum atomic E-state index is 0.0576. The van der Waals surface area contributed by atoms with E-state index in [-0.39, 0.29) is 11.7 Å². The van der Waals surface area contributed by atoms with Gasteiger partial charge in [0.25, 0.3) is 0 Å². The Morgan fingerprint density at radius 3 is 2.76 bits per heavy atom. The van der Waals surface area contributed by atoms with E-state index in [1.807, 2.05) is 56.3 Å². The molecule has 5 nitrogen and oxygen atoms in total. The fourth-order valence-electron chi connectivity index (χ4n) is 3.13. The van der Waals surface area contributed by atoms with Gasteiger partial charge in [-0.15, -0.1) is 0 Å². The Kier molecular flexibility index (Phi) is 4.95. The molecule has 2 aromatic carbocycles. The highest BCUT2D eigenvalue weighted by Crippen LogP contribution is 2.38. The van der Waals surface area contributed by atoms with Crippen LogP contribution >= 0.6 is 0 Å². The number of hydrogen-bond acceptors (Lipinski definition) is 4. The topological polar surface area (TPSA) is 53.0 Å². The summed E-state index contributed by atoms with van der Waals surface area (Å²) in [7, 11) is 3.75. The average molecular weight is 340 g/mol. The minimum absolute atomic E-state index is 0.0576. The molecule has 1 N–H and O–H groups in total. The van der Waals surface area contributed by atoms with Crippen molar-refractivity contribution in [3.63, 3.8) is 0 Å². The summed E-state index contributed by atoms with van der Waals surface area (Å²) in [5, 5.41) is 10.4. The molecule has 0 unspecified atom stereocenters. The third kappa shape index (κ3) is 3.77. The highest BCUT2D eigenvalue weighted by atomic mass is 16.5. The lowest BCUT2D eigenvalue weighted by atomic mass is 9.98. The summed E-state index contributed by atoms with van der Waals surface area (Å²) in [5.41, 5.74) is 3.97. The summed E-state index contributed by atoms with van der Waals surface area (Å²) in [6.07, 6.45) is 0. The molecule has 1 aliphatic rings. The molecule has 0 atom stereocenters. The van der Waals surface area contributed by atoms with Crippen LogP contribution in [-0.2, 0) is 11.3 Å². The number of carbonyl (C=O) groups is 1. The first-order valence-electron chi connectivity index (χ1n) is 8.43. The molecule has 1 heterocycles. The number of ether oxygens (including phenoxy) is 1. The number of carbonyl (C=O) groups excluding carboxylic acids is 1. The Morgan fingerprint density at radius 1 is 1.28 bits per heavy atom. The van der Waals surface area contributed by atoms with Crippen LogP contribution in [0.1, 0.15) is 11.1 Å². The van der Waals surface area contributed by atoms with Crippen molar-refractivity contribution in [2.45, 2.75) is 13.5 Å². The molecule has 0 spiro atoms. The van der Waals surface area contributed by atoms with Gasteiger partial charge in [0.1, 0.15) is 6.61 Å². The molecule has 0 aliphatic carbocycles. The van der Waals surface area contributed by atoms with Crippen molar-refractivity contribution in [2.24, 2.45) is 0 Å². The summed E-state index contributed by atoms with van der Waals surface area (Å²) in [5.74, 6) is 0.664. The number of fused-ring (bicyclic) bond motifs is 1. The van der Waals surface area contributed by atoms with Gasteiger partial charge in [-0.05, 0) is 49.8 Å². The maximum absolute atomic E-state index is 12.4. The standard InChI is InChI=1S/C20H24N2O3/c1-14-6-4-5-7-17(14)15-10-16-12-22(19(24)13-21(2)3)8-9-25-20(16)18(23)11-15/h4-7,10-11,23H,8-9,12-13H2,1-3H3. The smallest absolute Gasteiger partial charge is 0.237 e. The molecule has 0 fully saturated rings. The normalized spacial score (nSPS) is 14.0. The molecule has 0 saturated carbocycles. The van der Waals surface area contributed by atoms with Gasteiger partial charge in [0, 0.05) is 12.1 Å². The monoisotopic (exact) mass is 340 g/mol. The third-order valence-electron chi connectivity index (χ3n) is 4.38. The number of hydrogen-bond donors (Lipinski definition) is 1. The van der Waals surface area contributed by atoms with Crippen LogP contribution in [0.2, 0.25) is 0 Å². The van der Waals surface area contributed by atoms with E-state index in [1.54, 1.807) is 11.0 Å². The Morgan fingerprint density at radius 2 is 2.04 bits per heavy atom. The Bertz CT molecular complexity index is 787. The number of amides is 1. The van der Waals surface area contributed by atoms with E-state index in [0.29, 0.717) is 32.0 Å². The van der Waals surface area contributed by atoms with Crippen molar-refractivity contribution in [1.82, 2.24) is 9.80 Å². The molecule has 1 aliphatic heterocycles.